The van der Waals surface area contributed by atoms with Gasteiger partial charge in [0.1, 0.15) is 0 Å². The van der Waals surface area contributed by atoms with Crippen molar-refractivity contribution in [3.05, 3.63) is 0 Å². The Bertz CT molecular complexity index is 136. The van der Waals surface area contributed by atoms with Crippen LogP contribution in [-0.2, 0) is 4.84 Å². The first-order valence-electron chi connectivity index (χ1n) is 4.40. The zero-order chi connectivity index (χ0) is 7.68. The highest BCUT2D eigenvalue weighted by atomic mass is 16.7. The SMILES string of the molecule is O[C@H]1CON(CCC2CC2)C1. The predicted octanol–water partition coefficient (Wildman–Crippen LogP) is 0.395. The van der Waals surface area contributed by atoms with Gasteiger partial charge in [0, 0.05) is 6.54 Å². The van der Waals surface area contributed by atoms with Crippen LogP contribution in [-0.4, -0.2) is 36.0 Å². The maximum absolute atomic E-state index is 9.11. The quantitative estimate of drug-likeness (QED) is 0.643. The third kappa shape index (κ3) is 2.15. The predicted molar refractivity (Wildman–Crippen MR) is 40.9 cm³/mol. The van der Waals surface area contributed by atoms with Gasteiger partial charge in [0.15, 0.2) is 0 Å². The number of aliphatic hydroxyl groups excluding tert-OH is 1. The molecule has 3 nitrogen and oxygen atoms in total. The van der Waals surface area contributed by atoms with Crippen LogP contribution in [0.1, 0.15) is 19.3 Å². The van der Waals surface area contributed by atoms with Crippen molar-refractivity contribution in [3.8, 4) is 0 Å². The smallest absolute Gasteiger partial charge is 0.0958 e. The summed E-state index contributed by atoms with van der Waals surface area (Å²) in [6, 6.07) is 0. The molecule has 2 fully saturated rings. The van der Waals surface area contributed by atoms with Gasteiger partial charge in [-0.3, -0.25) is 4.84 Å². The van der Waals surface area contributed by atoms with Crippen LogP contribution in [0.4, 0.5) is 0 Å². The lowest BCUT2D eigenvalue weighted by molar-refractivity contribution is -0.111. The third-order valence-electron chi connectivity index (χ3n) is 2.35. The number of nitrogens with zero attached hydrogens (tertiary/aromatic N) is 1. The average Bonchev–Trinajstić information content (AvgIpc) is 2.72. The first kappa shape index (κ1) is 7.53. The van der Waals surface area contributed by atoms with E-state index in [-0.39, 0.29) is 6.10 Å². The van der Waals surface area contributed by atoms with E-state index in [1.54, 1.807) is 0 Å². The molecule has 1 aliphatic carbocycles. The first-order chi connectivity index (χ1) is 5.34. The zero-order valence-corrected chi connectivity index (χ0v) is 6.70. The second kappa shape index (κ2) is 3.09. The van der Waals surface area contributed by atoms with Gasteiger partial charge in [-0.05, 0) is 12.3 Å². The van der Waals surface area contributed by atoms with Crippen LogP contribution in [0, 0.1) is 5.92 Å². The number of aliphatic hydroxyl groups is 1. The summed E-state index contributed by atoms with van der Waals surface area (Å²) in [5.74, 6) is 0.955. The summed E-state index contributed by atoms with van der Waals surface area (Å²) in [6.07, 6.45) is 3.79. The molecule has 0 aromatic rings. The fourth-order valence-corrected chi connectivity index (χ4v) is 1.42. The molecule has 2 rings (SSSR count). The summed E-state index contributed by atoms with van der Waals surface area (Å²) < 4.78 is 0. The monoisotopic (exact) mass is 157 g/mol. The van der Waals surface area contributed by atoms with Crippen LogP contribution in [0.3, 0.4) is 0 Å². The number of hydroxylamine groups is 2. The molecule has 1 saturated carbocycles. The van der Waals surface area contributed by atoms with Crippen molar-refractivity contribution in [2.75, 3.05) is 19.7 Å². The fourth-order valence-electron chi connectivity index (χ4n) is 1.42. The molecule has 1 aliphatic heterocycles. The van der Waals surface area contributed by atoms with Crippen LogP contribution in [0.25, 0.3) is 0 Å². The molecular formula is C8H15NO2. The van der Waals surface area contributed by atoms with Gasteiger partial charge in [0.25, 0.3) is 0 Å². The minimum atomic E-state index is -0.255. The normalized spacial score (nSPS) is 33.0. The van der Waals surface area contributed by atoms with Crippen LogP contribution >= 0.6 is 0 Å². The summed E-state index contributed by atoms with van der Waals surface area (Å²) in [7, 11) is 0. The van der Waals surface area contributed by atoms with Gasteiger partial charge >= 0.3 is 0 Å². The molecule has 1 N–H and O–H groups in total. The standard InChI is InChI=1S/C8H15NO2/c10-8-5-9(11-6-8)4-3-7-1-2-7/h7-8,10H,1-6H2/t8-/m1/s1. The van der Waals surface area contributed by atoms with Crippen LogP contribution in [0.5, 0.6) is 0 Å². The first-order valence-corrected chi connectivity index (χ1v) is 4.40. The largest absolute Gasteiger partial charge is 0.389 e. The third-order valence-corrected chi connectivity index (χ3v) is 2.35. The molecule has 1 atom stereocenters. The van der Waals surface area contributed by atoms with Crippen molar-refractivity contribution in [1.29, 1.82) is 0 Å². The average molecular weight is 157 g/mol. The zero-order valence-electron chi connectivity index (χ0n) is 6.70. The van der Waals surface area contributed by atoms with E-state index in [1.165, 1.54) is 19.3 Å². The van der Waals surface area contributed by atoms with Crippen LogP contribution in [0.15, 0.2) is 0 Å². The molecule has 2 aliphatic rings. The highest BCUT2D eigenvalue weighted by Gasteiger charge is 2.25. The molecule has 0 aromatic carbocycles. The van der Waals surface area contributed by atoms with Gasteiger partial charge in [-0.2, -0.15) is 5.06 Å². The summed E-state index contributed by atoms with van der Waals surface area (Å²) in [5.41, 5.74) is 0. The Morgan fingerprint density at radius 1 is 1.45 bits per heavy atom. The van der Waals surface area contributed by atoms with E-state index in [4.69, 9.17) is 9.94 Å². The Balaban J connectivity index is 1.62. The molecule has 0 unspecified atom stereocenters. The van der Waals surface area contributed by atoms with E-state index >= 15 is 0 Å². The highest BCUT2D eigenvalue weighted by Crippen LogP contribution is 2.32. The molecule has 64 valence electrons. The summed E-state index contributed by atoms with van der Waals surface area (Å²) in [5, 5.41) is 11.0. The molecule has 1 heterocycles. The van der Waals surface area contributed by atoms with Crippen LogP contribution in [0.2, 0.25) is 0 Å². The number of hydrogen-bond donors (Lipinski definition) is 1. The van der Waals surface area contributed by atoms with Gasteiger partial charge in [-0.1, -0.05) is 12.8 Å². The fraction of sp³-hybridized carbons (Fsp3) is 1.00. The number of hydrogen-bond acceptors (Lipinski definition) is 3. The minimum absolute atomic E-state index is 0.255. The van der Waals surface area contributed by atoms with Crippen molar-refractivity contribution in [3.63, 3.8) is 0 Å². The maximum Gasteiger partial charge on any atom is 0.0958 e. The van der Waals surface area contributed by atoms with Gasteiger partial charge in [0.05, 0.1) is 19.3 Å². The van der Waals surface area contributed by atoms with Crippen molar-refractivity contribution >= 4 is 0 Å². The van der Waals surface area contributed by atoms with Crippen LogP contribution < -0.4 is 0 Å². The molecular weight excluding hydrogens is 142 g/mol. The molecule has 0 amide bonds. The summed E-state index contributed by atoms with van der Waals surface area (Å²) in [6.45, 7) is 2.19. The topological polar surface area (TPSA) is 32.7 Å². The van der Waals surface area contributed by atoms with Crippen molar-refractivity contribution < 1.29 is 9.94 Å². The molecule has 0 radical (unpaired) electrons. The van der Waals surface area contributed by atoms with E-state index < -0.39 is 0 Å². The molecule has 0 aromatic heterocycles. The van der Waals surface area contributed by atoms with E-state index in [2.05, 4.69) is 0 Å². The Hall–Kier alpha value is -0.120. The van der Waals surface area contributed by atoms with Gasteiger partial charge in [-0.25, -0.2) is 0 Å². The molecule has 1 saturated heterocycles. The Morgan fingerprint density at radius 2 is 2.27 bits per heavy atom. The van der Waals surface area contributed by atoms with E-state index in [0.29, 0.717) is 13.2 Å². The lowest BCUT2D eigenvalue weighted by Crippen LogP contribution is -2.22. The number of rotatable bonds is 3. The lowest BCUT2D eigenvalue weighted by Gasteiger charge is -2.11. The van der Waals surface area contributed by atoms with Gasteiger partial charge in [-0.15, -0.1) is 0 Å². The summed E-state index contributed by atoms with van der Waals surface area (Å²) in [4.78, 5) is 5.23. The minimum Gasteiger partial charge on any atom is -0.389 e. The number of β-amino-alcohol motifs (C(OH)–C–C–N with tert-alkyl or cyclic N) is 1. The lowest BCUT2D eigenvalue weighted by atomic mass is 10.3. The van der Waals surface area contributed by atoms with Crippen molar-refractivity contribution in [2.45, 2.75) is 25.4 Å². The molecule has 11 heavy (non-hydrogen) atoms. The summed E-state index contributed by atoms with van der Waals surface area (Å²) >= 11 is 0. The maximum atomic E-state index is 9.11. The van der Waals surface area contributed by atoms with E-state index in [1.807, 2.05) is 5.06 Å². The van der Waals surface area contributed by atoms with Crippen molar-refractivity contribution in [1.82, 2.24) is 5.06 Å². The van der Waals surface area contributed by atoms with Gasteiger partial charge in [0.2, 0.25) is 0 Å². The Morgan fingerprint density at radius 3 is 2.82 bits per heavy atom. The second-order valence-electron chi connectivity index (χ2n) is 3.57. The molecule has 0 spiro atoms. The molecule has 3 heteroatoms. The highest BCUT2D eigenvalue weighted by molar-refractivity contribution is 4.74. The van der Waals surface area contributed by atoms with Gasteiger partial charge < -0.3 is 5.11 Å². The second-order valence-corrected chi connectivity index (χ2v) is 3.57. The molecule has 0 bridgehead atoms. The Kier molecular flexibility index (Phi) is 2.11. The Labute approximate surface area is 66.9 Å². The van der Waals surface area contributed by atoms with Crippen molar-refractivity contribution in [2.24, 2.45) is 5.92 Å². The van der Waals surface area contributed by atoms with E-state index in [0.717, 1.165) is 12.5 Å². The van der Waals surface area contributed by atoms with E-state index in [9.17, 15) is 0 Å².